The van der Waals surface area contributed by atoms with Crippen molar-refractivity contribution in [2.75, 3.05) is 25.9 Å². The fraction of sp³-hybridized carbons (Fsp3) is 0.652. The predicted molar refractivity (Wildman–Crippen MR) is 127 cm³/mol. The molecule has 0 spiro atoms. The summed E-state index contributed by atoms with van der Waals surface area (Å²) in [6.07, 6.45) is 15.6. The van der Waals surface area contributed by atoms with Gasteiger partial charge in [0.15, 0.2) is 5.76 Å². The van der Waals surface area contributed by atoms with Gasteiger partial charge in [-0.25, -0.2) is 12.7 Å². The maximum atomic E-state index is 11.8. The van der Waals surface area contributed by atoms with Gasteiger partial charge in [-0.2, -0.15) is 0 Å². The average molecular weight is 473 g/mol. The maximum absolute atomic E-state index is 11.8. The lowest BCUT2D eigenvalue weighted by Crippen LogP contribution is -2.45. The Kier molecular flexibility index (Phi) is 9.67. The second kappa shape index (κ2) is 11.5. The van der Waals surface area contributed by atoms with E-state index in [0.717, 1.165) is 50.2 Å². The fourth-order valence-electron chi connectivity index (χ4n) is 4.43. The first-order valence-corrected chi connectivity index (χ1v) is 12.9. The Bertz CT molecular complexity index is 825. The quantitative estimate of drug-likeness (QED) is 0.517. The van der Waals surface area contributed by atoms with Gasteiger partial charge in [0, 0.05) is 38.1 Å². The monoisotopic (exact) mass is 472 g/mol. The van der Waals surface area contributed by atoms with Crippen molar-refractivity contribution in [3.63, 3.8) is 0 Å². The Morgan fingerprint density at radius 2 is 1.90 bits per heavy atom. The summed E-state index contributed by atoms with van der Waals surface area (Å²) in [6, 6.07) is 0.701. The summed E-state index contributed by atoms with van der Waals surface area (Å²) in [5, 5.41) is 0. The van der Waals surface area contributed by atoms with E-state index in [1.54, 1.807) is 16.8 Å². The van der Waals surface area contributed by atoms with Crippen LogP contribution in [-0.2, 0) is 19.5 Å². The first kappa shape index (κ1) is 26.0. The van der Waals surface area contributed by atoms with Gasteiger partial charge < -0.3 is 9.47 Å². The molecule has 1 saturated heterocycles. The summed E-state index contributed by atoms with van der Waals surface area (Å²) in [7, 11) is -3.08. The molecule has 0 N–H and O–H groups in total. The van der Waals surface area contributed by atoms with Gasteiger partial charge in [0.05, 0.1) is 6.26 Å². The Labute approximate surface area is 194 Å². The molecule has 3 rings (SSSR count). The van der Waals surface area contributed by atoms with Crippen LogP contribution >= 0.6 is 12.4 Å². The summed E-state index contributed by atoms with van der Waals surface area (Å²) in [5.41, 5.74) is 1.18. The van der Waals surface area contributed by atoms with E-state index in [4.69, 9.17) is 9.47 Å². The lowest BCUT2D eigenvalue weighted by Gasteiger charge is -2.38. The molecule has 1 fully saturated rings. The highest BCUT2D eigenvalue weighted by Crippen LogP contribution is 2.29. The average Bonchev–Trinajstić information content (AvgIpc) is 2.72. The molecule has 1 atom stereocenters. The molecule has 0 radical (unpaired) electrons. The van der Waals surface area contributed by atoms with E-state index < -0.39 is 10.0 Å². The van der Waals surface area contributed by atoms with Crippen molar-refractivity contribution in [2.45, 2.75) is 65.0 Å². The molecule has 2 aliphatic heterocycles. The minimum atomic E-state index is -3.08. The SMILES string of the molecule is CC(C)N(CC1CCN(S(C)(=O)=O)CC1)C(C)CC1=COC=C(C2=CC=CCC2)O1.Cl. The van der Waals surface area contributed by atoms with Gasteiger partial charge in [-0.15, -0.1) is 12.4 Å². The zero-order valence-corrected chi connectivity index (χ0v) is 20.8. The lowest BCUT2D eigenvalue weighted by molar-refractivity contribution is 0.103. The van der Waals surface area contributed by atoms with Gasteiger partial charge in [0.25, 0.3) is 0 Å². The van der Waals surface area contributed by atoms with Crippen LogP contribution in [0.5, 0.6) is 0 Å². The molecular weight excluding hydrogens is 436 g/mol. The molecule has 0 aromatic heterocycles. The zero-order valence-electron chi connectivity index (χ0n) is 19.1. The molecule has 0 saturated carbocycles. The van der Waals surface area contributed by atoms with E-state index in [1.165, 1.54) is 11.8 Å². The van der Waals surface area contributed by atoms with Gasteiger partial charge in [0.1, 0.15) is 18.3 Å². The van der Waals surface area contributed by atoms with Crippen LogP contribution in [-0.4, -0.2) is 55.6 Å². The molecule has 8 heteroatoms. The Hall–Kier alpha value is -1.28. The number of ether oxygens (including phenoxy) is 2. The fourth-order valence-corrected chi connectivity index (χ4v) is 5.30. The second-order valence-corrected chi connectivity index (χ2v) is 10.9. The molecule has 2 heterocycles. The van der Waals surface area contributed by atoms with Gasteiger partial charge in [0.2, 0.25) is 10.0 Å². The molecule has 0 bridgehead atoms. The minimum absolute atomic E-state index is 0. The first-order valence-electron chi connectivity index (χ1n) is 11.0. The molecule has 0 amide bonds. The van der Waals surface area contributed by atoms with E-state index in [-0.39, 0.29) is 12.4 Å². The van der Waals surface area contributed by atoms with Crippen LogP contribution in [0, 0.1) is 5.92 Å². The topological polar surface area (TPSA) is 59.1 Å². The highest BCUT2D eigenvalue weighted by Gasteiger charge is 2.29. The Morgan fingerprint density at radius 1 is 1.19 bits per heavy atom. The third-order valence-electron chi connectivity index (χ3n) is 6.18. The third kappa shape index (κ3) is 7.38. The molecule has 176 valence electrons. The summed E-state index contributed by atoms with van der Waals surface area (Å²) in [4.78, 5) is 2.51. The number of nitrogens with zero attached hydrogens (tertiary/aromatic N) is 2. The Morgan fingerprint density at radius 3 is 2.48 bits per heavy atom. The van der Waals surface area contributed by atoms with Gasteiger partial charge in [-0.1, -0.05) is 18.2 Å². The van der Waals surface area contributed by atoms with Crippen LogP contribution in [0.25, 0.3) is 0 Å². The third-order valence-corrected chi connectivity index (χ3v) is 7.49. The van der Waals surface area contributed by atoms with E-state index in [1.807, 2.05) is 0 Å². The predicted octanol–water partition coefficient (Wildman–Crippen LogP) is 4.57. The van der Waals surface area contributed by atoms with Crippen LogP contribution in [0.15, 0.2) is 47.8 Å². The number of piperidine rings is 1. The van der Waals surface area contributed by atoms with Gasteiger partial charge >= 0.3 is 0 Å². The van der Waals surface area contributed by atoms with Crippen molar-refractivity contribution in [2.24, 2.45) is 5.92 Å². The number of sulfonamides is 1. The number of hydrogen-bond acceptors (Lipinski definition) is 5. The highest BCUT2D eigenvalue weighted by atomic mass is 35.5. The molecule has 1 unspecified atom stereocenters. The largest absolute Gasteiger partial charge is 0.465 e. The standard InChI is InChI=1S/C23H36N2O4S.ClH/c1-18(2)25(15-20-10-12-24(13-11-20)30(4,26)27)19(3)14-22-16-28-17-23(29-22)21-8-6-5-7-9-21;/h5-6,8,16-20H,7,9-15H2,1-4H3;1H. The van der Waals surface area contributed by atoms with Crippen molar-refractivity contribution in [1.29, 1.82) is 0 Å². The van der Waals surface area contributed by atoms with Crippen molar-refractivity contribution < 1.29 is 17.9 Å². The Balaban J connectivity index is 0.00000341. The normalized spacial score (nSPS) is 21.5. The maximum Gasteiger partial charge on any atom is 0.211 e. The number of rotatable bonds is 8. The molecule has 6 nitrogen and oxygen atoms in total. The number of allylic oxidation sites excluding steroid dienone is 4. The first-order chi connectivity index (χ1) is 14.2. The van der Waals surface area contributed by atoms with E-state index in [2.05, 4.69) is 43.9 Å². The van der Waals surface area contributed by atoms with E-state index >= 15 is 0 Å². The van der Waals surface area contributed by atoms with Crippen molar-refractivity contribution in [3.8, 4) is 0 Å². The highest BCUT2D eigenvalue weighted by molar-refractivity contribution is 7.88. The van der Waals surface area contributed by atoms with E-state index in [0.29, 0.717) is 31.1 Å². The van der Waals surface area contributed by atoms with Crippen LogP contribution in [0.2, 0.25) is 0 Å². The van der Waals surface area contributed by atoms with Crippen molar-refractivity contribution in [1.82, 2.24) is 9.21 Å². The number of halogens is 1. The lowest BCUT2D eigenvalue weighted by atomic mass is 9.95. The molecule has 31 heavy (non-hydrogen) atoms. The molecule has 0 aromatic carbocycles. The van der Waals surface area contributed by atoms with Crippen LogP contribution in [0.4, 0.5) is 0 Å². The van der Waals surface area contributed by atoms with Crippen molar-refractivity contribution >= 4 is 22.4 Å². The van der Waals surface area contributed by atoms with Crippen LogP contribution in [0.1, 0.15) is 52.9 Å². The van der Waals surface area contributed by atoms with Gasteiger partial charge in [-0.3, -0.25) is 4.90 Å². The summed E-state index contributed by atoms with van der Waals surface area (Å²) in [6.45, 7) is 8.91. The summed E-state index contributed by atoms with van der Waals surface area (Å²) < 4.78 is 36.9. The smallest absolute Gasteiger partial charge is 0.211 e. The zero-order chi connectivity index (χ0) is 21.7. The number of hydrogen-bond donors (Lipinski definition) is 0. The molecule has 0 aromatic rings. The molecule has 1 aliphatic carbocycles. The molecule has 3 aliphatic rings. The second-order valence-electron chi connectivity index (χ2n) is 8.91. The minimum Gasteiger partial charge on any atom is -0.465 e. The van der Waals surface area contributed by atoms with Crippen LogP contribution < -0.4 is 0 Å². The van der Waals surface area contributed by atoms with Gasteiger partial charge in [-0.05, 0) is 57.9 Å². The van der Waals surface area contributed by atoms with E-state index in [9.17, 15) is 8.42 Å². The van der Waals surface area contributed by atoms with Crippen LogP contribution in [0.3, 0.4) is 0 Å². The molecular formula is C23H37ClN2O4S. The summed E-state index contributed by atoms with van der Waals surface area (Å²) in [5.74, 6) is 2.18. The summed E-state index contributed by atoms with van der Waals surface area (Å²) >= 11 is 0. The van der Waals surface area contributed by atoms with Crippen molar-refractivity contribution in [3.05, 3.63) is 47.8 Å².